The highest BCUT2D eigenvalue weighted by molar-refractivity contribution is 5.80. The van der Waals surface area contributed by atoms with Crippen LogP contribution in [-0.4, -0.2) is 57.3 Å². The van der Waals surface area contributed by atoms with Crippen LogP contribution in [0, 0.1) is 0 Å². The fraction of sp³-hybridized carbons (Fsp3) is 0.928. The Labute approximate surface area is 469 Å². The zero-order chi connectivity index (χ0) is 54.4. The van der Waals surface area contributed by atoms with Crippen LogP contribution in [0.25, 0.3) is 0 Å². The summed E-state index contributed by atoms with van der Waals surface area (Å²) in [5.41, 5.74) is 0. The quantitative estimate of drug-likeness (QED) is 0.0308. The molecule has 0 heterocycles. The minimum Gasteiger partial charge on any atom is -0.394 e. The van der Waals surface area contributed by atoms with Gasteiger partial charge in [0.2, 0.25) is 5.91 Å². The van der Waals surface area contributed by atoms with E-state index in [0.717, 1.165) is 44.9 Å². The van der Waals surface area contributed by atoms with Crippen molar-refractivity contribution in [3.63, 3.8) is 0 Å². The zero-order valence-corrected chi connectivity index (χ0v) is 50.8. The number of nitrogens with one attached hydrogen (secondary N) is 1. The van der Waals surface area contributed by atoms with Crippen molar-refractivity contribution in [3.8, 4) is 0 Å². The molecule has 0 aromatic heterocycles. The van der Waals surface area contributed by atoms with E-state index in [0.29, 0.717) is 12.8 Å². The Balaban J connectivity index is 3.54. The molecule has 446 valence electrons. The third-order valence-corrected chi connectivity index (χ3v) is 16.4. The van der Waals surface area contributed by atoms with Crippen LogP contribution >= 0.6 is 0 Å². The molecule has 0 saturated carbocycles. The van der Waals surface area contributed by atoms with Crippen molar-refractivity contribution in [1.29, 1.82) is 0 Å². The first kappa shape index (κ1) is 73.8. The highest BCUT2D eigenvalue weighted by atomic mass is 16.3. The van der Waals surface area contributed by atoms with Crippen molar-refractivity contribution in [2.45, 2.75) is 404 Å². The van der Waals surface area contributed by atoms with Gasteiger partial charge in [0, 0.05) is 0 Å². The fourth-order valence-corrected chi connectivity index (χ4v) is 11.1. The van der Waals surface area contributed by atoms with Gasteiger partial charge in [0.15, 0.2) is 0 Å². The maximum Gasteiger partial charge on any atom is 0.249 e. The summed E-state index contributed by atoms with van der Waals surface area (Å²) >= 11 is 0. The Kier molecular flexibility index (Phi) is 62.6. The smallest absolute Gasteiger partial charge is 0.249 e. The topological polar surface area (TPSA) is 110 Å². The first-order valence-electron chi connectivity index (χ1n) is 34.2. The van der Waals surface area contributed by atoms with Crippen molar-refractivity contribution in [2.75, 3.05) is 6.61 Å². The van der Waals surface area contributed by atoms with Crippen molar-refractivity contribution in [2.24, 2.45) is 0 Å². The molecule has 4 atom stereocenters. The van der Waals surface area contributed by atoms with E-state index in [2.05, 4.69) is 43.5 Å². The van der Waals surface area contributed by atoms with Gasteiger partial charge in [-0.1, -0.05) is 359 Å². The third kappa shape index (κ3) is 57.3. The van der Waals surface area contributed by atoms with Gasteiger partial charge in [-0.2, -0.15) is 0 Å². The number of rotatable bonds is 64. The van der Waals surface area contributed by atoms with Gasteiger partial charge in [0.1, 0.15) is 12.2 Å². The number of hydrogen-bond acceptors (Lipinski definition) is 5. The number of aliphatic hydroxyl groups is 4. The molecule has 0 aliphatic carbocycles. The van der Waals surface area contributed by atoms with E-state index in [1.165, 1.54) is 308 Å². The molecular weight excluding hydrogens is 923 g/mol. The number of carbonyl (C=O) groups is 1. The summed E-state index contributed by atoms with van der Waals surface area (Å²) < 4.78 is 0. The standard InChI is InChI=1S/C69H135NO5/c1-3-5-7-9-11-13-15-17-19-21-23-25-27-28-29-30-31-32-33-34-35-36-37-38-39-41-43-45-47-49-51-53-55-57-59-61-63-67(73)69(75)70-65(64-71)68(74)66(72)62-60-58-56-54-52-50-48-46-44-42-40-26-24-22-20-18-16-14-12-10-8-6-4-2/h29-30,32-33,65-68,71-74H,3-28,31,34-64H2,1-2H3,(H,70,75)/b30-29-,33-32-. The summed E-state index contributed by atoms with van der Waals surface area (Å²) in [7, 11) is 0. The lowest BCUT2D eigenvalue weighted by Gasteiger charge is -2.27. The molecule has 0 spiro atoms. The molecule has 0 rings (SSSR count). The molecule has 0 saturated heterocycles. The lowest BCUT2D eigenvalue weighted by Crippen LogP contribution is -2.53. The van der Waals surface area contributed by atoms with E-state index < -0.39 is 36.9 Å². The van der Waals surface area contributed by atoms with Gasteiger partial charge >= 0.3 is 0 Å². The number of allylic oxidation sites excluding steroid dienone is 4. The minimum atomic E-state index is -1.26. The maximum absolute atomic E-state index is 12.7. The van der Waals surface area contributed by atoms with E-state index in [1.54, 1.807) is 0 Å². The second-order valence-electron chi connectivity index (χ2n) is 23.9. The van der Waals surface area contributed by atoms with Crippen LogP contribution in [0.4, 0.5) is 0 Å². The highest BCUT2D eigenvalue weighted by Gasteiger charge is 2.28. The molecule has 0 radical (unpaired) electrons. The Morgan fingerprint density at radius 2 is 0.573 bits per heavy atom. The molecule has 0 bridgehead atoms. The van der Waals surface area contributed by atoms with Crippen molar-refractivity contribution in [3.05, 3.63) is 24.3 Å². The van der Waals surface area contributed by atoms with Crippen molar-refractivity contribution >= 4 is 5.91 Å². The lowest BCUT2D eigenvalue weighted by atomic mass is 9.99. The van der Waals surface area contributed by atoms with Crippen LogP contribution < -0.4 is 5.32 Å². The normalized spacial score (nSPS) is 13.6. The molecular formula is C69H135NO5. The second-order valence-corrected chi connectivity index (χ2v) is 23.9. The Morgan fingerprint density at radius 1 is 0.333 bits per heavy atom. The van der Waals surface area contributed by atoms with E-state index in [4.69, 9.17) is 0 Å². The molecule has 1 amide bonds. The van der Waals surface area contributed by atoms with Crippen LogP contribution in [-0.2, 0) is 4.79 Å². The van der Waals surface area contributed by atoms with E-state index in [9.17, 15) is 25.2 Å². The lowest BCUT2D eigenvalue weighted by molar-refractivity contribution is -0.132. The molecule has 4 unspecified atom stereocenters. The summed E-state index contributed by atoms with van der Waals surface area (Å²) in [5, 5.41) is 44.2. The third-order valence-electron chi connectivity index (χ3n) is 16.4. The van der Waals surface area contributed by atoms with Crippen LogP contribution in [0.5, 0.6) is 0 Å². The molecule has 6 heteroatoms. The van der Waals surface area contributed by atoms with E-state index in [-0.39, 0.29) is 0 Å². The van der Waals surface area contributed by atoms with Crippen LogP contribution in [0.15, 0.2) is 24.3 Å². The fourth-order valence-electron chi connectivity index (χ4n) is 11.1. The molecule has 0 aliphatic heterocycles. The largest absolute Gasteiger partial charge is 0.394 e. The van der Waals surface area contributed by atoms with E-state index >= 15 is 0 Å². The average Bonchev–Trinajstić information content (AvgIpc) is 3.42. The monoisotopic (exact) mass is 1060 g/mol. The van der Waals surface area contributed by atoms with Crippen LogP contribution in [0.1, 0.15) is 380 Å². The highest BCUT2D eigenvalue weighted by Crippen LogP contribution is 2.19. The number of aliphatic hydroxyl groups excluding tert-OH is 4. The number of hydrogen-bond donors (Lipinski definition) is 5. The molecule has 0 aromatic carbocycles. The Morgan fingerprint density at radius 3 is 0.840 bits per heavy atom. The number of carbonyl (C=O) groups excluding carboxylic acids is 1. The zero-order valence-electron chi connectivity index (χ0n) is 50.8. The van der Waals surface area contributed by atoms with Gasteiger partial charge in [-0.3, -0.25) is 4.79 Å². The predicted molar refractivity (Wildman–Crippen MR) is 330 cm³/mol. The first-order valence-corrected chi connectivity index (χ1v) is 34.2. The molecule has 0 aliphatic rings. The van der Waals surface area contributed by atoms with Crippen LogP contribution in [0.3, 0.4) is 0 Å². The summed E-state index contributed by atoms with van der Waals surface area (Å²) in [6.07, 6.45) is 80.1. The average molecular weight is 1060 g/mol. The summed E-state index contributed by atoms with van der Waals surface area (Å²) in [5.74, 6) is -0.577. The van der Waals surface area contributed by atoms with Gasteiger partial charge in [-0.25, -0.2) is 0 Å². The SMILES string of the molecule is CCCCCCCCCCCCCCC/C=C\C/C=C\CCCCCCCCCCCCCCCCCCC(O)C(=O)NC(CO)C(O)C(O)CCCCCCCCCCCCCCCCCCCCCCCCC. The molecule has 6 nitrogen and oxygen atoms in total. The van der Waals surface area contributed by atoms with Gasteiger partial charge in [-0.15, -0.1) is 0 Å². The van der Waals surface area contributed by atoms with Gasteiger partial charge in [0.05, 0.1) is 18.8 Å². The van der Waals surface area contributed by atoms with Crippen LogP contribution in [0.2, 0.25) is 0 Å². The number of unbranched alkanes of at least 4 members (excludes halogenated alkanes) is 51. The molecule has 75 heavy (non-hydrogen) atoms. The van der Waals surface area contributed by atoms with Gasteiger partial charge in [-0.05, 0) is 44.9 Å². The minimum absolute atomic E-state index is 0.372. The summed E-state index contributed by atoms with van der Waals surface area (Å²) in [4.78, 5) is 12.7. The van der Waals surface area contributed by atoms with Crippen molar-refractivity contribution < 1.29 is 25.2 Å². The van der Waals surface area contributed by atoms with Gasteiger partial charge < -0.3 is 25.7 Å². The maximum atomic E-state index is 12.7. The Bertz CT molecular complexity index is 1140. The van der Waals surface area contributed by atoms with Crippen molar-refractivity contribution in [1.82, 2.24) is 5.32 Å². The second kappa shape index (κ2) is 63.6. The number of amides is 1. The van der Waals surface area contributed by atoms with Gasteiger partial charge in [0.25, 0.3) is 0 Å². The van der Waals surface area contributed by atoms with E-state index in [1.807, 2.05) is 0 Å². The Hall–Kier alpha value is -1.21. The molecule has 0 aromatic rings. The first-order chi connectivity index (χ1) is 37.0. The summed E-state index contributed by atoms with van der Waals surface area (Å²) in [6.45, 7) is 4.11. The summed E-state index contributed by atoms with van der Waals surface area (Å²) in [6, 6.07) is -0.985. The molecule has 5 N–H and O–H groups in total. The molecule has 0 fully saturated rings. The predicted octanol–water partition coefficient (Wildman–Crippen LogP) is 20.9.